The Morgan fingerprint density at radius 2 is 2.14 bits per heavy atom. The molecule has 1 aromatic carbocycles. The fourth-order valence-electron chi connectivity index (χ4n) is 2.58. The van der Waals surface area contributed by atoms with E-state index in [9.17, 15) is 4.79 Å². The molecule has 116 valence electrons. The average molecular weight is 292 g/mol. The third kappa shape index (κ3) is 3.47. The maximum absolute atomic E-state index is 12.8. The van der Waals surface area contributed by atoms with Gasteiger partial charge in [-0.1, -0.05) is 6.07 Å². The summed E-state index contributed by atoms with van der Waals surface area (Å²) in [6.07, 6.45) is 2.37. The Labute approximate surface area is 126 Å². The monoisotopic (exact) mass is 292 g/mol. The van der Waals surface area contributed by atoms with Crippen LogP contribution in [0.15, 0.2) is 18.2 Å². The highest BCUT2D eigenvalue weighted by Gasteiger charge is 2.35. The summed E-state index contributed by atoms with van der Waals surface area (Å²) in [5.41, 5.74) is 6.95. The van der Waals surface area contributed by atoms with E-state index in [1.54, 1.807) is 32.4 Å². The molecule has 1 aromatic rings. The predicted molar refractivity (Wildman–Crippen MR) is 82.5 cm³/mol. The Kier molecular flexibility index (Phi) is 5.07. The van der Waals surface area contributed by atoms with Crippen molar-refractivity contribution in [2.75, 3.05) is 33.1 Å². The van der Waals surface area contributed by atoms with Crippen molar-refractivity contribution >= 4 is 11.6 Å². The topological polar surface area (TPSA) is 64.8 Å². The van der Waals surface area contributed by atoms with Gasteiger partial charge < -0.3 is 20.1 Å². The van der Waals surface area contributed by atoms with Gasteiger partial charge in [0, 0.05) is 19.7 Å². The Balaban J connectivity index is 2.24. The zero-order valence-corrected chi connectivity index (χ0v) is 13.0. The molecule has 5 nitrogen and oxygen atoms in total. The van der Waals surface area contributed by atoms with Crippen molar-refractivity contribution in [2.45, 2.75) is 25.8 Å². The van der Waals surface area contributed by atoms with E-state index in [0.29, 0.717) is 36.1 Å². The second-order valence-electron chi connectivity index (χ2n) is 5.49. The molecular weight excluding hydrogens is 268 g/mol. The van der Waals surface area contributed by atoms with Crippen molar-refractivity contribution in [1.82, 2.24) is 4.90 Å². The maximum Gasteiger partial charge on any atom is 0.256 e. The molecule has 1 unspecified atom stereocenters. The lowest BCUT2D eigenvalue weighted by Crippen LogP contribution is -2.42. The van der Waals surface area contributed by atoms with Gasteiger partial charge in [-0.2, -0.15) is 0 Å². The molecule has 0 saturated heterocycles. The minimum absolute atomic E-state index is 0.0529. The lowest BCUT2D eigenvalue weighted by atomic mass is 10.1. The van der Waals surface area contributed by atoms with Crippen molar-refractivity contribution in [3.63, 3.8) is 0 Å². The number of hydrogen-bond acceptors (Lipinski definition) is 4. The quantitative estimate of drug-likeness (QED) is 0.782. The molecule has 1 saturated carbocycles. The molecule has 2 N–H and O–H groups in total. The molecule has 1 amide bonds. The predicted octanol–water partition coefficient (Wildman–Crippen LogP) is 2.16. The lowest BCUT2D eigenvalue weighted by molar-refractivity contribution is 0.0595. The first-order valence-corrected chi connectivity index (χ1v) is 7.32. The third-order valence-electron chi connectivity index (χ3n) is 4.11. The van der Waals surface area contributed by atoms with Gasteiger partial charge in [0.05, 0.1) is 25.0 Å². The summed E-state index contributed by atoms with van der Waals surface area (Å²) in [4.78, 5) is 14.7. The van der Waals surface area contributed by atoms with E-state index in [0.717, 1.165) is 0 Å². The third-order valence-corrected chi connectivity index (χ3v) is 4.11. The molecule has 0 bridgehead atoms. The lowest BCUT2D eigenvalue weighted by Gasteiger charge is -2.30. The van der Waals surface area contributed by atoms with Gasteiger partial charge in [-0.05, 0) is 37.8 Å². The van der Waals surface area contributed by atoms with Gasteiger partial charge in [0.25, 0.3) is 5.91 Å². The van der Waals surface area contributed by atoms with Gasteiger partial charge in [-0.25, -0.2) is 0 Å². The zero-order valence-electron chi connectivity index (χ0n) is 13.0. The fraction of sp³-hybridized carbons (Fsp3) is 0.562. The summed E-state index contributed by atoms with van der Waals surface area (Å²) in [6.45, 7) is 3.19. The summed E-state index contributed by atoms with van der Waals surface area (Å²) in [6, 6.07) is 5.51. The van der Waals surface area contributed by atoms with E-state index < -0.39 is 0 Å². The van der Waals surface area contributed by atoms with Crippen LogP contribution >= 0.6 is 0 Å². The first-order chi connectivity index (χ1) is 10.1. The highest BCUT2D eigenvalue weighted by Crippen LogP contribution is 2.36. The number of benzene rings is 1. The van der Waals surface area contributed by atoms with Crippen molar-refractivity contribution in [1.29, 1.82) is 0 Å². The molecule has 0 aromatic heterocycles. The Morgan fingerprint density at radius 1 is 1.43 bits per heavy atom. The van der Waals surface area contributed by atoms with E-state index >= 15 is 0 Å². The van der Waals surface area contributed by atoms with Gasteiger partial charge in [-0.15, -0.1) is 0 Å². The zero-order chi connectivity index (χ0) is 15.4. The number of rotatable bonds is 7. The Morgan fingerprint density at radius 3 is 2.71 bits per heavy atom. The van der Waals surface area contributed by atoms with Crippen LogP contribution in [-0.2, 0) is 4.74 Å². The first-order valence-electron chi connectivity index (χ1n) is 7.32. The van der Waals surface area contributed by atoms with Crippen LogP contribution in [0.1, 0.15) is 30.1 Å². The van der Waals surface area contributed by atoms with Crippen LogP contribution < -0.4 is 10.5 Å². The molecule has 5 heteroatoms. The second kappa shape index (κ2) is 6.80. The van der Waals surface area contributed by atoms with Crippen LogP contribution in [0.4, 0.5) is 5.69 Å². The minimum atomic E-state index is -0.0529. The first kappa shape index (κ1) is 15.6. The van der Waals surface area contributed by atoms with Gasteiger partial charge in [0.1, 0.15) is 5.75 Å². The fourth-order valence-corrected chi connectivity index (χ4v) is 2.58. The van der Waals surface area contributed by atoms with E-state index in [2.05, 4.69) is 6.92 Å². The molecule has 1 aliphatic carbocycles. The van der Waals surface area contributed by atoms with E-state index in [4.69, 9.17) is 15.2 Å². The summed E-state index contributed by atoms with van der Waals surface area (Å²) in [5.74, 6) is 1.08. The molecule has 0 aliphatic heterocycles. The van der Waals surface area contributed by atoms with Crippen LogP contribution in [0.2, 0.25) is 0 Å². The van der Waals surface area contributed by atoms with Gasteiger partial charge in [0.2, 0.25) is 0 Å². The Bertz CT molecular complexity index is 500. The average Bonchev–Trinajstić information content (AvgIpc) is 3.32. The van der Waals surface area contributed by atoms with Crippen LogP contribution in [0.3, 0.4) is 0 Å². The van der Waals surface area contributed by atoms with E-state index in [1.807, 2.05) is 4.90 Å². The van der Waals surface area contributed by atoms with Crippen molar-refractivity contribution in [3.05, 3.63) is 23.8 Å². The summed E-state index contributed by atoms with van der Waals surface area (Å²) in [7, 11) is 3.19. The van der Waals surface area contributed by atoms with Crippen molar-refractivity contribution in [2.24, 2.45) is 5.92 Å². The normalized spacial score (nSPS) is 15.6. The maximum atomic E-state index is 12.8. The number of nitrogens with zero attached hydrogens (tertiary/aromatic N) is 1. The van der Waals surface area contributed by atoms with Gasteiger partial charge >= 0.3 is 0 Å². The molecule has 0 spiro atoms. The minimum Gasteiger partial charge on any atom is -0.495 e. The van der Waals surface area contributed by atoms with Crippen molar-refractivity contribution < 1.29 is 14.3 Å². The number of amides is 1. The van der Waals surface area contributed by atoms with Gasteiger partial charge in [0.15, 0.2) is 0 Å². The number of carbonyl (C=O) groups excluding carboxylic acids is 1. The molecular formula is C16H24N2O3. The largest absolute Gasteiger partial charge is 0.495 e. The number of methoxy groups -OCH3 is 2. The number of para-hydroxylation sites is 1. The van der Waals surface area contributed by atoms with Crippen LogP contribution in [0.5, 0.6) is 5.75 Å². The van der Waals surface area contributed by atoms with Crippen LogP contribution in [-0.4, -0.2) is 44.2 Å². The molecule has 0 heterocycles. The highest BCUT2D eigenvalue weighted by atomic mass is 16.5. The summed E-state index contributed by atoms with van der Waals surface area (Å²) < 4.78 is 10.3. The van der Waals surface area contributed by atoms with E-state index in [-0.39, 0.29) is 11.9 Å². The Hall–Kier alpha value is -1.75. The molecule has 21 heavy (non-hydrogen) atoms. The molecule has 2 rings (SSSR count). The molecule has 1 aliphatic rings. The summed E-state index contributed by atoms with van der Waals surface area (Å²) >= 11 is 0. The number of hydrogen-bond donors (Lipinski definition) is 1. The number of ether oxygens (including phenoxy) is 2. The molecule has 1 fully saturated rings. The highest BCUT2D eigenvalue weighted by molar-refractivity contribution is 6.00. The number of nitrogens with two attached hydrogens (primary N) is 1. The molecule has 0 radical (unpaired) electrons. The second-order valence-corrected chi connectivity index (χ2v) is 5.49. The van der Waals surface area contributed by atoms with Crippen molar-refractivity contribution in [3.8, 4) is 5.75 Å². The number of nitrogen functional groups attached to an aromatic ring is 1. The van der Waals surface area contributed by atoms with Gasteiger partial charge in [-0.3, -0.25) is 4.79 Å². The SMILES string of the molecule is COCCN(C(=O)c1cccc(OC)c1N)C(C)C1CC1. The standard InChI is InChI=1S/C16H24N2O3/c1-11(12-7-8-12)18(9-10-20-2)16(19)13-5-4-6-14(21-3)15(13)17/h4-6,11-12H,7-10,17H2,1-3H3. The number of carbonyl (C=O) groups is 1. The molecule has 1 atom stereocenters. The summed E-state index contributed by atoms with van der Waals surface area (Å²) in [5, 5.41) is 0. The van der Waals surface area contributed by atoms with Crippen LogP contribution in [0.25, 0.3) is 0 Å². The van der Waals surface area contributed by atoms with E-state index in [1.165, 1.54) is 12.8 Å². The van der Waals surface area contributed by atoms with Crippen LogP contribution in [0, 0.1) is 5.92 Å². The number of anilines is 1. The smallest absolute Gasteiger partial charge is 0.256 e.